The van der Waals surface area contributed by atoms with Crippen molar-refractivity contribution in [3.63, 3.8) is 0 Å². The number of hydrogen-bond acceptors (Lipinski definition) is 3. The molecule has 0 aromatic heterocycles. The molecular formula is C11H26O3Zr. The molecule has 0 radical (unpaired) electrons. The predicted octanol–water partition coefficient (Wildman–Crippen LogP) is 3.60. The maximum absolute atomic E-state index is 5.43. The maximum atomic E-state index is 5.43. The molecule has 0 aromatic carbocycles. The molecule has 0 saturated carbocycles. The fourth-order valence-corrected chi connectivity index (χ4v) is 6.09. The Morgan fingerprint density at radius 1 is 0.733 bits per heavy atom. The van der Waals surface area contributed by atoms with E-state index in [1.807, 2.05) is 0 Å². The summed E-state index contributed by atoms with van der Waals surface area (Å²) >= 11 is -3.03. The number of hydrogen-bond donors (Lipinski definition) is 0. The van der Waals surface area contributed by atoms with Gasteiger partial charge in [0.15, 0.2) is 0 Å². The molecule has 0 aliphatic carbocycles. The summed E-state index contributed by atoms with van der Waals surface area (Å²) in [5.74, 6) is 0. The monoisotopic (exact) mass is 296 g/mol. The van der Waals surface area contributed by atoms with Gasteiger partial charge in [-0.15, -0.1) is 0 Å². The summed E-state index contributed by atoms with van der Waals surface area (Å²) in [5, 5.41) is 0. The first kappa shape index (κ1) is 15.8. The van der Waals surface area contributed by atoms with Gasteiger partial charge in [0.25, 0.3) is 0 Å². The molecule has 0 bridgehead atoms. The molecule has 0 saturated heterocycles. The third-order valence-electron chi connectivity index (χ3n) is 2.77. The van der Waals surface area contributed by atoms with Gasteiger partial charge < -0.3 is 0 Å². The summed E-state index contributed by atoms with van der Waals surface area (Å²) in [6.07, 6.45) is 7.79. The van der Waals surface area contributed by atoms with Crippen LogP contribution < -0.4 is 0 Å². The Morgan fingerprint density at radius 3 is 1.67 bits per heavy atom. The number of unbranched alkanes of at least 4 members (excludes halogenated alkanes) is 5. The Balaban J connectivity index is 3.54. The zero-order valence-corrected chi connectivity index (χ0v) is 13.1. The fraction of sp³-hybridized carbons (Fsp3) is 1.00. The van der Waals surface area contributed by atoms with E-state index in [1.54, 1.807) is 21.3 Å². The van der Waals surface area contributed by atoms with Crippen molar-refractivity contribution in [2.75, 3.05) is 21.3 Å². The summed E-state index contributed by atoms with van der Waals surface area (Å²) in [6.45, 7) is 2.24. The van der Waals surface area contributed by atoms with Gasteiger partial charge >= 0.3 is 101 Å². The molecule has 0 unspecified atom stereocenters. The van der Waals surface area contributed by atoms with E-state index in [4.69, 9.17) is 8.44 Å². The minimum absolute atomic E-state index is 1.00. The van der Waals surface area contributed by atoms with Crippen molar-refractivity contribution < 1.29 is 30.0 Å². The van der Waals surface area contributed by atoms with Crippen molar-refractivity contribution in [3.05, 3.63) is 0 Å². The molecule has 3 nitrogen and oxygen atoms in total. The van der Waals surface area contributed by atoms with Gasteiger partial charge in [-0.3, -0.25) is 0 Å². The van der Waals surface area contributed by atoms with Crippen molar-refractivity contribution in [2.24, 2.45) is 0 Å². The van der Waals surface area contributed by atoms with E-state index < -0.39 is 21.6 Å². The summed E-state index contributed by atoms with van der Waals surface area (Å²) in [5.41, 5.74) is 0. The van der Waals surface area contributed by atoms with Gasteiger partial charge in [-0.05, 0) is 0 Å². The van der Waals surface area contributed by atoms with E-state index in [1.165, 1.54) is 38.5 Å². The third kappa shape index (κ3) is 6.83. The van der Waals surface area contributed by atoms with Crippen LogP contribution in [0.4, 0.5) is 0 Å². The first-order chi connectivity index (χ1) is 7.24. The summed E-state index contributed by atoms with van der Waals surface area (Å²) in [6, 6.07) is 0. The Labute approximate surface area is 101 Å². The molecule has 0 amide bonds. The Kier molecular flexibility index (Phi) is 10.5. The zero-order chi connectivity index (χ0) is 11.6. The van der Waals surface area contributed by atoms with Crippen LogP contribution in [0, 0.1) is 0 Å². The third-order valence-corrected chi connectivity index (χ3v) is 9.73. The molecule has 4 heteroatoms. The van der Waals surface area contributed by atoms with Crippen molar-refractivity contribution in [2.45, 2.75) is 49.6 Å². The summed E-state index contributed by atoms with van der Waals surface area (Å²) in [4.78, 5) is 0. The van der Waals surface area contributed by atoms with Crippen LogP contribution in [0.3, 0.4) is 0 Å². The number of rotatable bonds is 10. The van der Waals surface area contributed by atoms with Gasteiger partial charge in [-0.1, -0.05) is 0 Å². The zero-order valence-electron chi connectivity index (χ0n) is 10.7. The molecule has 0 fully saturated rings. The van der Waals surface area contributed by atoms with Gasteiger partial charge in [0, 0.05) is 0 Å². The van der Waals surface area contributed by atoms with Crippen LogP contribution >= 0.6 is 0 Å². The molecular weight excluding hydrogens is 271 g/mol. The Morgan fingerprint density at radius 2 is 1.20 bits per heavy atom. The van der Waals surface area contributed by atoms with Gasteiger partial charge in [0.2, 0.25) is 0 Å². The molecule has 15 heavy (non-hydrogen) atoms. The Bertz CT molecular complexity index is 130. The molecule has 0 N–H and O–H groups in total. The van der Waals surface area contributed by atoms with Crippen molar-refractivity contribution in [1.29, 1.82) is 0 Å². The molecule has 0 aliphatic heterocycles. The van der Waals surface area contributed by atoms with Crippen molar-refractivity contribution in [1.82, 2.24) is 0 Å². The van der Waals surface area contributed by atoms with Gasteiger partial charge in [0.05, 0.1) is 0 Å². The Hall–Kier alpha value is 0.763. The van der Waals surface area contributed by atoms with Gasteiger partial charge in [-0.2, -0.15) is 0 Å². The van der Waals surface area contributed by atoms with E-state index in [2.05, 4.69) is 6.92 Å². The molecule has 0 spiro atoms. The molecule has 92 valence electrons. The second kappa shape index (κ2) is 9.95. The molecule has 0 atom stereocenters. The van der Waals surface area contributed by atoms with E-state index in [9.17, 15) is 0 Å². The topological polar surface area (TPSA) is 27.7 Å². The standard InChI is InChI=1S/C8H17.3CH3O.Zr/c1-3-5-7-8-6-4-2;3*1-2;/h1,3-8H2,2H3;3*1H3;/q;3*-1;+3. The van der Waals surface area contributed by atoms with Crippen molar-refractivity contribution >= 4 is 0 Å². The fourth-order valence-electron chi connectivity index (χ4n) is 1.68. The van der Waals surface area contributed by atoms with Crippen LogP contribution in [0.25, 0.3) is 0 Å². The molecule has 0 heterocycles. The second-order valence-electron chi connectivity index (χ2n) is 3.81. The summed E-state index contributed by atoms with van der Waals surface area (Å²) < 4.78 is 17.3. The first-order valence-corrected chi connectivity index (χ1v) is 10.6. The van der Waals surface area contributed by atoms with Crippen LogP contribution in [0.1, 0.15) is 45.4 Å². The average Bonchev–Trinajstić information content (AvgIpc) is 2.29. The SMILES string of the molecule is CCCCCCC[CH2][Zr]([O]C)([O]C)[O]C. The van der Waals surface area contributed by atoms with E-state index in [0.29, 0.717) is 0 Å². The van der Waals surface area contributed by atoms with Crippen LogP contribution in [0.2, 0.25) is 4.13 Å². The van der Waals surface area contributed by atoms with E-state index >= 15 is 0 Å². The van der Waals surface area contributed by atoms with E-state index in [0.717, 1.165) is 4.13 Å². The predicted molar refractivity (Wildman–Crippen MR) is 59.2 cm³/mol. The van der Waals surface area contributed by atoms with Crippen LogP contribution in [0.15, 0.2) is 0 Å². The second-order valence-corrected chi connectivity index (χ2v) is 11.4. The van der Waals surface area contributed by atoms with Gasteiger partial charge in [-0.25, -0.2) is 0 Å². The molecule has 0 rings (SSSR count). The first-order valence-electron chi connectivity index (χ1n) is 5.90. The van der Waals surface area contributed by atoms with Gasteiger partial charge in [0.1, 0.15) is 0 Å². The molecule has 0 aromatic rings. The normalized spacial score (nSPS) is 12.0. The van der Waals surface area contributed by atoms with Crippen LogP contribution in [0.5, 0.6) is 0 Å². The minimum atomic E-state index is -3.03. The average molecular weight is 298 g/mol. The quantitative estimate of drug-likeness (QED) is 0.577. The summed E-state index contributed by atoms with van der Waals surface area (Å²) in [7, 11) is 5.13. The molecule has 0 aliphatic rings. The van der Waals surface area contributed by atoms with Crippen molar-refractivity contribution in [3.8, 4) is 0 Å². The van der Waals surface area contributed by atoms with Crippen LogP contribution in [-0.2, 0) is 30.0 Å². The van der Waals surface area contributed by atoms with E-state index in [-0.39, 0.29) is 0 Å². The van der Waals surface area contributed by atoms with Crippen LogP contribution in [-0.4, -0.2) is 21.3 Å².